The predicted octanol–water partition coefficient (Wildman–Crippen LogP) is 3.80. The highest BCUT2D eigenvalue weighted by Gasteiger charge is 2.35. The van der Waals surface area contributed by atoms with Gasteiger partial charge in [0.15, 0.2) is 5.78 Å². The van der Waals surface area contributed by atoms with Gasteiger partial charge in [-0.15, -0.1) is 0 Å². The molecule has 1 aliphatic heterocycles. The molecule has 1 amide bonds. The first kappa shape index (κ1) is 16.5. The van der Waals surface area contributed by atoms with E-state index >= 15 is 0 Å². The van der Waals surface area contributed by atoms with Crippen LogP contribution in [0.2, 0.25) is 0 Å². The second kappa shape index (κ2) is 6.46. The van der Waals surface area contributed by atoms with Gasteiger partial charge in [0.2, 0.25) is 0 Å². The van der Waals surface area contributed by atoms with Crippen LogP contribution in [0.25, 0.3) is 0 Å². The first-order valence-corrected chi connectivity index (χ1v) is 7.57. The monoisotopic (exact) mass is 307 g/mol. The molecule has 1 atom stereocenters. The van der Waals surface area contributed by atoms with Crippen molar-refractivity contribution in [3.63, 3.8) is 0 Å². The molecule has 1 unspecified atom stereocenters. The summed E-state index contributed by atoms with van der Waals surface area (Å²) in [7, 11) is 0. The normalized spacial score (nSPS) is 18.9. The molecule has 0 radical (unpaired) electrons. The molecule has 1 aromatic carbocycles. The lowest BCUT2D eigenvalue weighted by Gasteiger charge is -2.35. The van der Waals surface area contributed by atoms with Gasteiger partial charge >= 0.3 is 6.09 Å². The van der Waals surface area contributed by atoms with Gasteiger partial charge in [0.05, 0.1) is 6.04 Å². The number of carbonyl (C=O) groups is 2. The van der Waals surface area contributed by atoms with Crippen LogP contribution in [-0.2, 0) is 4.74 Å². The highest BCUT2D eigenvalue weighted by molar-refractivity contribution is 6.01. The van der Waals surface area contributed by atoms with E-state index in [1.165, 1.54) is 29.2 Å². The maximum atomic E-state index is 13.0. The van der Waals surface area contributed by atoms with Crippen molar-refractivity contribution < 1.29 is 18.7 Å². The molecule has 1 heterocycles. The summed E-state index contributed by atoms with van der Waals surface area (Å²) in [6.45, 7) is 5.90. The van der Waals surface area contributed by atoms with Gasteiger partial charge in [-0.05, 0) is 64.3 Å². The summed E-state index contributed by atoms with van der Waals surface area (Å²) in [6, 6.07) is 4.90. The highest BCUT2D eigenvalue weighted by atomic mass is 19.1. The van der Waals surface area contributed by atoms with E-state index < -0.39 is 17.7 Å². The molecule has 0 bridgehead atoms. The molecule has 1 fully saturated rings. The molecule has 5 heteroatoms. The lowest BCUT2D eigenvalue weighted by atomic mass is 9.94. The minimum atomic E-state index is -0.599. The third-order valence-corrected chi connectivity index (χ3v) is 3.56. The standard InChI is InChI=1S/C17H22FNO3/c1-17(2,3)22-16(21)19-11-5-4-6-14(19)15(20)12-7-9-13(18)10-8-12/h7-10,14H,4-6,11H2,1-3H3. The van der Waals surface area contributed by atoms with Gasteiger partial charge in [0.25, 0.3) is 0 Å². The number of hydrogen-bond acceptors (Lipinski definition) is 3. The number of rotatable bonds is 2. The molecule has 22 heavy (non-hydrogen) atoms. The van der Waals surface area contributed by atoms with Gasteiger partial charge in [-0.1, -0.05) is 0 Å². The van der Waals surface area contributed by atoms with E-state index in [9.17, 15) is 14.0 Å². The van der Waals surface area contributed by atoms with Crippen LogP contribution in [0.3, 0.4) is 0 Å². The summed E-state index contributed by atoms with van der Waals surface area (Å²) in [5.74, 6) is -0.547. The molecule has 1 saturated heterocycles. The second-order valence-electron chi connectivity index (χ2n) is 6.56. The fraction of sp³-hybridized carbons (Fsp3) is 0.529. The Morgan fingerprint density at radius 2 is 1.82 bits per heavy atom. The third kappa shape index (κ3) is 4.06. The number of nitrogens with zero attached hydrogens (tertiary/aromatic N) is 1. The van der Waals surface area contributed by atoms with Crippen molar-refractivity contribution in [3.05, 3.63) is 35.6 Å². The van der Waals surface area contributed by atoms with Crippen LogP contribution >= 0.6 is 0 Å². The van der Waals surface area contributed by atoms with Crippen LogP contribution in [0.4, 0.5) is 9.18 Å². The van der Waals surface area contributed by atoms with Crippen LogP contribution in [0, 0.1) is 5.82 Å². The first-order chi connectivity index (χ1) is 10.3. The van der Waals surface area contributed by atoms with Crippen LogP contribution < -0.4 is 0 Å². The Morgan fingerprint density at radius 1 is 1.18 bits per heavy atom. The Balaban J connectivity index is 2.17. The Labute approximate surface area is 130 Å². The van der Waals surface area contributed by atoms with Gasteiger partial charge in [0.1, 0.15) is 11.4 Å². The molecule has 1 aromatic rings. The van der Waals surface area contributed by atoms with Crippen molar-refractivity contribution in [2.45, 2.75) is 51.7 Å². The molecule has 120 valence electrons. The minimum Gasteiger partial charge on any atom is -0.444 e. The third-order valence-electron chi connectivity index (χ3n) is 3.56. The fourth-order valence-electron chi connectivity index (χ4n) is 2.55. The molecule has 0 aliphatic carbocycles. The van der Waals surface area contributed by atoms with E-state index in [-0.39, 0.29) is 11.6 Å². The molecule has 1 aliphatic rings. The summed E-state index contributed by atoms with van der Waals surface area (Å²) >= 11 is 0. The van der Waals surface area contributed by atoms with Crippen LogP contribution in [0.15, 0.2) is 24.3 Å². The van der Waals surface area contributed by atoms with E-state index in [2.05, 4.69) is 0 Å². The molecule has 0 saturated carbocycles. The largest absolute Gasteiger partial charge is 0.444 e. The number of hydrogen-bond donors (Lipinski definition) is 0. The zero-order valence-electron chi connectivity index (χ0n) is 13.3. The average Bonchev–Trinajstić information content (AvgIpc) is 2.45. The van der Waals surface area contributed by atoms with E-state index in [0.717, 1.165) is 12.8 Å². The highest BCUT2D eigenvalue weighted by Crippen LogP contribution is 2.23. The fourth-order valence-corrected chi connectivity index (χ4v) is 2.55. The predicted molar refractivity (Wildman–Crippen MR) is 81.3 cm³/mol. The Hall–Kier alpha value is -1.91. The quantitative estimate of drug-likeness (QED) is 0.781. The lowest BCUT2D eigenvalue weighted by Crippen LogP contribution is -2.49. The van der Waals surface area contributed by atoms with Gasteiger partial charge < -0.3 is 4.74 Å². The lowest BCUT2D eigenvalue weighted by molar-refractivity contribution is 0.0105. The van der Waals surface area contributed by atoms with Crippen LogP contribution in [-0.4, -0.2) is 35.0 Å². The molecular weight excluding hydrogens is 285 g/mol. The van der Waals surface area contributed by atoms with E-state index in [1.54, 1.807) is 20.8 Å². The number of Topliss-reactive ketones (excluding diaryl/α,β-unsaturated/α-hetero) is 1. The number of ketones is 1. The first-order valence-electron chi connectivity index (χ1n) is 7.57. The topological polar surface area (TPSA) is 46.6 Å². The van der Waals surface area contributed by atoms with E-state index in [1.807, 2.05) is 0 Å². The number of likely N-dealkylation sites (tertiary alicyclic amines) is 1. The molecule has 0 aromatic heterocycles. The summed E-state index contributed by atoms with van der Waals surface area (Å²) < 4.78 is 18.4. The summed E-state index contributed by atoms with van der Waals surface area (Å²) in [5, 5.41) is 0. The van der Waals surface area contributed by atoms with Crippen molar-refractivity contribution in [2.24, 2.45) is 0 Å². The zero-order valence-corrected chi connectivity index (χ0v) is 13.3. The van der Waals surface area contributed by atoms with Crippen molar-refractivity contribution in [2.75, 3.05) is 6.54 Å². The van der Waals surface area contributed by atoms with Crippen LogP contribution in [0.1, 0.15) is 50.4 Å². The maximum absolute atomic E-state index is 13.0. The van der Waals surface area contributed by atoms with Crippen molar-refractivity contribution in [1.82, 2.24) is 4.90 Å². The molecular formula is C17H22FNO3. The molecule has 0 N–H and O–H groups in total. The zero-order chi connectivity index (χ0) is 16.3. The Kier molecular flexibility index (Phi) is 4.84. The summed E-state index contributed by atoms with van der Waals surface area (Å²) in [6.07, 6.45) is 1.88. The molecule has 0 spiro atoms. The average molecular weight is 307 g/mol. The second-order valence-corrected chi connectivity index (χ2v) is 6.56. The number of carbonyl (C=O) groups excluding carboxylic acids is 2. The molecule has 2 rings (SSSR count). The number of amides is 1. The number of piperidine rings is 1. The minimum absolute atomic E-state index is 0.162. The summed E-state index contributed by atoms with van der Waals surface area (Å²) in [5.41, 5.74) is -0.181. The Morgan fingerprint density at radius 3 is 2.41 bits per heavy atom. The number of halogens is 1. The van der Waals surface area contributed by atoms with Crippen molar-refractivity contribution in [3.8, 4) is 0 Å². The van der Waals surface area contributed by atoms with Gasteiger partial charge in [-0.25, -0.2) is 9.18 Å². The SMILES string of the molecule is CC(C)(C)OC(=O)N1CCCCC1C(=O)c1ccc(F)cc1. The van der Waals surface area contributed by atoms with E-state index in [0.29, 0.717) is 18.5 Å². The van der Waals surface area contributed by atoms with Gasteiger partial charge in [-0.2, -0.15) is 0 Å². The number of ether oxygens (including phenoxy) is 1. The van der Waals surface area contributed by atoms with Gasteiger partial charge in [-0.3, -0.25) is 9.69 Å². The van der Waals surface area contributed by atoms with Crippen molar-refractivity contribution >= 4 is 11.9 Å². The summed E-state index contributed by atoms with van der Waals surface area (Å²) in [4.78, 5) is 26.4. The van der Waals surface area contributed by atoms with Crippen molar-refractivity contribution in [1.29, 1.82) is 0 Å². The molecule has 4 nitrogen and oxygen atoms in total. The maximum Gasteiger partial charge on any atom is 0.410 e. The van der Waals surface area contributed by atoms with E-state index in [4.69, 9.17) is 4.74 Å². The number of benzene rings is 1. The Bertz CT molecular complexity index is 548. The van der Waals surface area contributed by atoms with Crippen LogP contribution in [0.5, 0.6) is 0 Å². The smallest absolute Gasteiger partial charge is 0.410 e. The van der Waals surface area contributed by atoms with Gasteiger partial charge in [0, 0.05) is 12.1 Å².